The summed E-state index contributed by atoms with van der Waals surface area (Å²) < 4.78 is 6.11. The highest BCUT2D eigenvalue weighted by Gasteiger charge is 2.22. The zero-order valence-corrected chi connectivity index (χ0v) is 13.3. The van der Waals surface area contributed by atoms with Crippen LogP contribution in [0.1, 0.15) is 19.4 Å². The average molecular weight is 332 g/mol. The summed E-state index contributed by atoms with van der Waals surface area (Å²) in [5, 5.41) is 2.86. The van der Waals surface area contributed by atoms with Crippen molar-refractivity contribution in [3.63, 3.8) is 0 Å². The van der Waals surface area contributed by atoms with Crippen LogP contribution in [0.5, 0.6) is 5.75 Å². The number of carbonyl (C=O) groups excluding carboxylic acids is 1. The molecule has 1 rings (SSSR count). The van der Waals surface area contributed by atoms with Gasteiger partial charge in [0.2, 0.25) is 5.91 Å². The monoisotopic (exact) mass is 331 g/mol. The lowest BCUT2D eigenvalue weighted by Crippen LogP contribution is -2.37. The standard InChI is InChI=1S/C13H18BrNO2S/c1-13(2,8-15-12(16)7-18)9-4-5-11(17-3)10(14)6-9/h4-6,18H,7-8H2,1-3H3,(H,15,16). The molecule has 0 aromatic heterocycles. The first-order valence-electron chi connectivity index (χ1n) is 5.62. The van der Waals surface area contributed by atoms with Crippen molar-refractivity contribution < 1.29 is 9.53 Å². The van der Waals surface area contributed by atoms with Gasteiger partial charge in [-0.3, -0.25) is 4.79 Å². The van der Waals surface area contributed by atoms with Gasteiger partial charge in [0.1, 0.15) is 5.75 Å². The van der Waals surface area contributed by atoms with Gasteiger partial charge in [-0.2, -0.15) is 12.6 Å². The van der Waals surface area contributed by atoms with Crippen LogP contribution in [0.4, 0.5) is 0 Å². The first-order chi connectivity index (χ1) is 8.40. The maximum absolute atomic E-state index is 11.2. The molecule has 0 atom stereocenters. The van der Waals surface area contributed by atoms with E-state index >= 15 is 0 Å². The van der Waals surface area contributed by atoms with E-state index in [4.69, 9.17) is 4.74 Å². The Hall–Kier alpha value is -0.680. The Kier molecular flexibility index (Phi) is 5.53. The first-order valence-corrected chi connectivity index (χ1v) is 7.05. The van der Waals surface area contributed by atoms with Crippen molar-refractivity contribution in [1.82, 2.24) is 5.32 Å². The van der Waals surface area contributed by atoms with E-state index in [0.717, 1.165) is 15.8 Å². The molecule has 0 saturated carbocycles. The third-order valence-electron chi connectivity index (χ3n) is 2.80. The molecule has 0 heterocycles. The van der Waals surface area contributed by atoms with Gasteiger partial charge >= 0.3 is 0 Å². The molecule has 0 bridgehead atoms. The SMILES string of the molecule is COc1ccc(C(C)(C)CNC(=O)CS)cc1Br. The number of amides is 1. The molecule has 0 fully saturated rings. The molecule has 0 aliphatic carbocycles. The minimum atomic E-state index is -0.145. The molecule has 18 heavy (non-hydrogen) atoms. The van der Waals surface area contributed by atoms with Gasteiger partial charge in [-0.05, 0) is 33.6 Å². The highest BCUT2D eigenvalue weighted by atomic mass is 79.9. The van der Waals surface area contributed by atoms with Gasteiger partial charge in [-0.15, -0.1) is 0 Å². The molecule has 5 heteroatoms. The Labute approximate surface area is 122 Å². The zero-order chi connectivity index (χ0) is 13.8. The number of nitrogens with one attached hydrogen (secondary N) is 1. The van der Waals surface area contributed by atoms with Crippen LogP contribution in [0.3, 0.4) is 0 Å². The molecule has 1 aromatic carbocycles. The van der Waals surface area contributed by atoms with Crippen molar-refractivity contribution in [1.29, 1.82) is 0 Å². The zero-order valence-electron chi connectivity index (χ0n) is 10.8. The van der Waals surface area contributed by atoms with Crippen molar-refractivity contribution in [3.8, 4) is 5.75 Å². The summed E-state index contributed by atoms with van der Waals surface area (Å²) in [5.74, 6) is 0.954. The first kappa shape index (κ1) is 15.4. The van der Waals surface area contributed by atoms with Gasteiger partial charge in [0, 0.05) is 12.0 Å². The van der Waals surface area contributed by atoms with E-state index in [0.29, 0.717) is 6.54 Å². The van der Waals surface area contributed by atoms with Gasteiger partial charge in [0.05, 0.1) is 17.3 Å². The fourth-order valence-electron chi connectivity index (χ4n) is 1.56. The fourth-order valence-corrected chi connectivity index (χ4v) is 2.22. The van der Waals surface area contributed by atoms with Gasteiger partial charge in [-0.25, -0.2) is 0 Å². The quantitative estimate of drug-likeness (QED) is 0.814. The highest BCUT2D eigenvalue weighted by Crippen LogP contribution is 2.31. The summed E-state index contributed by atoms with van der Waals surface area (Å²) in [6.07, 6.45) is 0. The van der Waals surface area contributed by atoms with E-state index in [-0.39, 0.29) is 17.1 Å². The number of halogens is 1. The minimum Gasteiger partial charge on any atom is -0.496 e. The van der Waals surface area contributed by atoms with E-state index in [1.807, 2.05) is 18.2 Å². The summed E-state index contributed by atoms with van der Waals surface area (Å²) in [4.78, 5) is 11.2. The highest BCUT2D eigenvalue weighted by molar-refractivity contribution is 9.10. The van der Waals surface area contributed by atoms with Crippen molar-refractivity contribution >= 4 is 34.5 Å². The molecular formula is C13H18BrNO2S. The van der Waals surface area contributed by atoms with Crippen LogP contribution < -0.4 is 10.1 Å². The number of ether oxygens (including phenoxy) is 1. The number of methoxy groups -OCH3 is 1. The van der Waals surface area contributed by atoms with E-state index in [1.165, 1.54) is 0 Å². The Morgan fingerprint density at radius 1 is 1.50 bits per heavy atom. The maximum Gasteiger partial charge on any atom is 0.229 e. The van der Waals surface area contributed by atoms with E-state index in [2.05, 4.69) is 47.7 Å². The lowest BCUT2D eigenvalue weighted by atomic mass is 9.84. The fraction of sp³-hybridized carbons (Fsp3) is 0.462. The molecule has 1 amide bonds. The summed E-state index contributed by atoms with van der Waals surface area (Å²) in [6.45, 7) is 4.74. The number of benzene rings is 1. The van der Waals surface area contributed by atoms with E-state index in [9.17, 15) is 4.79 Å². The van der Waals surface area contributed by atoms with Crippen LogP contribution in [0.15, 0.2) is 22.7 Å². The number of carbonyl (C=O) groups is 1. The largest absolute Gasteiger partial charge is 0.496 e. The van der Waals surface area contributed by atoms with E-state index in [1.54, 1.807) is 7.11 Å². The molecule has 0 radical (unpaired) electrons. The normalized spacial score (nSPS) is 11.2. The van der Waals surface area contributed by atoms with E-state index < -0.39 is 0 Å². The Bertz CT molecular complexity index is 435. The third kappa shape index (κ3) is 3.92. The summed E-state index contributed by atoms with van der Waals surface area (Å²) in [7, 11) is 1.64. The van der Waals surface area contributed by atoms with Crippen molar-refractivity contribution in [3.05, 3.63) is 28.2 Å². The predicted molar refractivity (Wildman–Crippen MR) is 80.6 cm³/mol. The third-order valence-corrected chi connectivity index (χ3v) is 3.71. The second kappa shape index (κ2) is 6.48. The molecule has 0 unspecified atom stereocenters. The lowest BCUT2D eigenvalue weighted by Gasteiger charge is -2.26. The van der Waals surface area contributed by atoms with Crippen molar-refractivity contribution in [2.24, 2.45) is 0 Å². The van der Waals surface area contributed by atoms with Crippen LogP contribution in [0, 0.1) is 0 Å². The molecule has 3 nitrogen and oxygen atoms in total. The van der Waals surface area contributed by atoms with Crippen molar-refractivity contribution in [2.45, 2.75) is 19.3 Å². The molecule has 0 saturated heterocycles. The van der Waals surface area contributed by atoms with Crippen LogP contribution in [0.2, 0.25) is 0 Å². The lowest BCUT2D eigenvalue weighted by molar-refractivity contribution is -0.118. The van der Waals surface area contributed by atoms with Gasteiger partial charge in [0.25, 0.3) is 0 Å². The van der Waals surface area contributed by atoms with Gasteiger partial charge < -0.3 is 10.1 Å². The molecule has 1 aromatic rings. The number of hydrogen-bond acceptors (Lipinski definition) is 3. The Morgan fingerprint density at radius 3 is 2.67 bits per heavy atom. The number of thiol groups is 1. The second-order valence-corrected chi connectivity index (χ2v) is 5.84. The smallest absolute Gasteiger partial charge is 0.229 e. The molecule has 1 N–H and O–H groups in total. The summed E-state index contributed by atoms with van der Waals surface area (Å²) >= 11 is 7.41. The Balaban J connectivity index is 2.84. The van der Waals surface area contributed by atoms with Gasteiger partial charge in [0.15, 0.2) is 0 Å². The van der Waals surface area contributed by atoms with Crippen LogP contribution in [0.25, 0.3) is 0 Å². The molecule has 0 aliphatic heterocycles. The van der Waals surface area contributed by atoms with Crippen LogP contribution >= 0.6 is 28.6 Å². The predicted octanol–water partition coefficient (Wildman–Crippen LogP) is 2.78. The minimum absolute atomic E-state index is 0.0565. The van der Waals surface area contributed by atoms with Crippen molar-refractivity contribution in [2.75, 3.05) is 19.4 Å². The molecular weight excluding hydrogens is 314 g/mol. The topological polar surface area (TPSA) is 38.3 Å². The van der Waals surface area contributed by atoms with Crippen LogP contribution in [-0.4, -0.2) is 25.3 Å². The average Bonchev–Trinajstić information content (AvgIpc) is 2.35. The number of rotatable bonds is 5. The molecule has 100 valence electrons. The maximum atomic E-state index is 11.2. The molecule has 0 aliphatic rings. The number of hydrogen-bond donors (Lipinski definition) is 2. The summed E-state index contributed by atoms with van der Waals surface area (Å²) in [5.41, 5.74) is 0.988. The second-order valence-electron chi connectivity index (χ2n) is 4.67. The summed E-state index contributed by atoms with van der Waals surface area (Å²) in [6, 6.07) is 5.95. The Morgan fingerprint density at radius 2 is 2.17 bits per heavy atom. The van der Waals surface area contributed by atoms with Gasteiger partial charge in [-0.1, -0.05) is 19.9 Å². The molecule has 0 spiro atoms. The van der Waals surface area contributed by atoms with Crippen LogP contribution in [-0.2, 0) is 10.2 Å².